The van der Waals surface area contributed by atoms with Gasteiger partial charge in [-0.2, -0.15) is 0 Å². The number of halogens is 1. The fraction of sp³-hybridized carbons (Fsp3) is 1.00. The molecule has 0 heterocycles. The number of rotatable bonds is 0. The van der Waals surface area contributed by atoms with Crippen LogP contribution in [0, 0.1) is 0 Å². The van der Waals surface area contributed by atoms with Gasteiger partial charge in [-0.3, -0.25) is 0 Å². The van der Waals surface area contributed by atoms with Gasteiger partial charge < -0.3 is 17.2 Å². The minimum absolute atomic E-state index is 0. The van der Waals surface area contributed by atoms with Crippen LogP contribution >= 0.6 is 12.4 Å². The molecule has 6 N–H and O–H groups in total. The molecule has 34 valence electrons. The summed E-state index contributed by atoms with van der Waals surface area (Å²) in [6.07, 6.45) is -0.667. The molecule has 0 spiro atoms. The molecular formula is CH8ClN3. The first-order chi connectivity index (χ1) is 1.73. The summed E-state index contributed by atoms with van der Waals surface area (Å²) >= 11 is 0. The maximum atomic E-state index is 4.67. The average molecular weight is 97.5 g/mol. The molecular weight excluding hydrogens is 89.5 g/mol. The summed E-state index contributed by atoms with van der Waals surface area (Å²) in [4.78, 5) is 0. The van der Waals surface area contributed by atoms with Crippen LogP contribution in [-0.4, -0.2) is 6.29 Å². The highest BCUT2D eigenvalue weighted by molar-refractivity contribution is 5.85. The van der Waals surface area contributed by atoms with E-state index in [1.807, 2.05) is 0 Å². The van der Waals surface area contributed by atoms with Crippen molar-refractivity contribution in [3.8, 4) is 0 Å². The molecule has 0 radical (unpaired) electrons. The fourth-order valence-corrected chi connectivity index (χ4v) is 0. The predicted molar refractivity (Wildman–Crippen MR) is 23.6 cm³/mol. The monoisotopic (exact) mass is 97.0 g/mol. The van der Waals surface area contributed by atoms with Crippen LogP contribution in [0.5, 0.6) is 0 Å². The van der Waals surface area contributed by atoms with Gasteiger partial charge in [0.25, 0.3) is 0 Å². The van der Waals surface area contributed by atoms with E-state index in [1.54, 1.807) is 0 Å². The van der Waals surface area contributed by atoms with E-state index in [4.69, 9.17) is 0 Å². The molecule has 0 bridgehead atoms. The Labute approximate surface area is 36.9 Å². The summed E-state index contributed by atoms with van der Waals surface area (Å²) in [5.41, 5.74) is 14.0. The Hall–Kier alpha value is 0.170. The zero-order valence-corrected chi connectivity index (χ0v) is 3.53. The third-order valence-corrected chi connectivity index (χ3v) is 0. The van der Waals surface area contributed by atoms with Crippen LogP contribution in [0.4, 0.5) is 0 Å². The Kier molecular flexibility index (Phi) is 7.46. The van der Waals surface area contributed by atoms with Crippen molar-refractivity contribution in [3.63, 3.8) is 0 Å². The highest BCUT2D eigenvalue weighted by atomic mass is 35.5. The molecule has 0 fully saturated rings. The molecule has 0 atom stereocenters. The smallest absolute Gasteiger partial charge is 0.104 e. The van der Waals surface area contributed by atoms with Crippen LogP contribution in [0.25, 0.3) is 0 Å². The van der Waals surface area contributed by atoms with Gasteiger partial charge >= 0.3 is 0 Å². The number of nitrogens with two attached hydrogens (primary N) is 3. The molecule has 0 aromatic carbocycles. The Morgan fingerprint density at radius 3 is 1.00 bits per heavy atom. The molecule has 0 saturated heterocycles. The maximum absolute atomic E-state index is 4.67. The van der Waals surface area contributed by atoms with Crippen LogP contribution in [0.2, 0.25) is 0 Å². The van der Waals surface area contributed by atoms with Crippen molar-refractivity contribution in [1.82, 2.24) is 0 Å². The van der Waals surface area contributed by atoms with Crippen molar-refractivity contribution in [2.45, 2.75) is 6.29 Å². The summed E-state index contributed by atoms with van der Waals surface area (Å²) < 4.78 is 0. The molecule has 0 aliphatic heterocycles. The minimum atomic E-state index is -0.667. The van der Waals surface area contributed by atoms with E-state index >= 15 is 0 Å². The van der Waals surface area contributed by atoms with Crippen molar-refractivity contribution in [3.05, 3.63) is 0 Å². The fourth-order valence-electron chi connectivity index (χ4n) is 0. The summed E-state index contributed by atoms with van der Waals surface area (Å²) in [7, 11) is 0. The maximum Gasteiger partial charge on any atom is 0.104 e. The van der Waals surface area contributed by atoms with Gasteiger partial charge in [0.2, 0.25) is 0 Å². The first-order valence-electron chi connectivity index (χ1n) is 1.00. The topological polar surface area (TPSA) is 78.1 Å². The van der Waals surface area contributed by atoms with Crippen LogP contribution in [0.3, 0.4) is 0 Å². The Morgan fingerprint density at radius 1 is 1.00 bits per heavy atom. The summed E-state index contributed by atoms with van der Waals surface area (Å²) in [5.74, 6) is 0. The molecule has 3 nitrogen and oxygen atoms in total. The Balaban J connectivity index is 0. The predicted octanol–water partition coefficient (Wildman–Crippen LogP) is -1.43. The normalized spacial score (nSPS) is 7.20. The minimum Gasteiger partial charge on any atom is -0.304 e. The first-order valence-corrected chi connectivity index (χ1v) is 1.00. The van der Waals surface area contributed by atoms with Gasteiger partial charge in [0, 0.05) is 0 Å². The summed E-state index contributed by atoms with van der Waals surface area (Å²) in [5, 5.41) is 0. The molecule has 5 heavy (non-hydrogen) atoms. The third kappa shape index (κ3) is 679. The van der Waals surface area contributed by atoms with Gasteiger partial charge in [-0.25, -0.2) is 0 Å². The van der Waals surface area contributed by atoms with E-state index in [1.165, 1.54) is 0 Å². The third-order valence-electron chi connectivity index (χ3n) is 0. The highest BCUT2D eigenvalue weighted by Gasteiger charge is 1.64. The molecule has 0 aliphatic rings. The van der Waals surface area contributed by atoms with E-state index in [0.717, 1.165) is 0 Å². The van der Waals surface area contributed by atoms with Crippen molar-refractivity contribution in [2.75, 3.05) is 0 Å². The van der Waals surface area contributed by atoms with E-state index in [0.29, 0.717) is 0 Å². The van der Waals surface area contributed by atoms with Crippen LogP contribution in [-0.2, 0) is 0 Å². The molecule has 0 aromatic heterocycles. The van der Waals surface area contributed by atoms with Crippen molar-refractivity contribution >= 4 is 12.4 Å². The summed E-state index contributed by atoms with van der Waals surface area (Å²) in [6.45, 7) is 0. The molecule has 0 saturated carbocycles. The lowest BCUT2D eigenvalue weighted by Gasteiger charge is -1.84. The van der Waals surface area contributed by atoms with Crippen LogP contribution in [0.1, 0.15) is 0 Å². The molecule has 0 rings (SSSR count). The van der Waals surface area contributed by atoms with Crippen LogP contribution in [0.15, 0.2) is 0 Å². The van der Waals surface area contributed by atoms with Crippen molar-refractivity contribution < 1.29 is 0 Å². The second-order valence-electron chi connectivity index (χ2n) is 0.577. The molecule has 0 unspecified atom stereocenters. The second kappa shape index (κ2) is 4.17. The SMILES string of the molecule is Cl.NC(N)N. The van der Waals surface area contributed by atoms with Gasteiger partial charge in [0.15, 0.2) is 0 Å². The molecule has 0 amide bonds. The van der Waals surface area contributed by atoms with Crippen LogP contribution < -0.4 is 17.2 Å². The largest absolute Gasteiger partial charge is 0.304 e. The van der Waals surface area contributed by atoms with Gasteiger partial charge in [-0.15, -0.1) is 12.4 Å². The van der Waals surface area contributed by atoms with E-state index < -0.39 is 6.29 Å². The number of hydrogen-bond donors (Lipinski definition) is 3. The van der Waals surface area contributed by atoms with Gasteiger partial charge in [-0.05, 0) is 0 Å². The highest BCUT2D eigenvalue weighted by Crippen LogP contribution is 1.17. The zero-order chi connectivity index (χ0) is 3.58. The number of hydrogen-bond acceptors (Lipinski definition) is 3. The van der Waals surface area contributed by atoms with Crippen molar-refractivity contribution in [2.24, 2.45) is 17.2 Å². The summed E-state index contributed by atoms with van der Waals surface area (Å²) in [6, 6.07) is 0. The lowest BCUT2D eigenvalue weighted by molar-refractivity contribution is 0.750. The second-order valence-corrected chi connectivity index (χ2v) is 0.577. The standard InChI is InChI=1S/CH7N3.ClH/c2-1(3)4;/h1H,2-4H2;1H. The zero-order valence-electron chi connectivity index (χ0n) is 2.72. The molecule has 4 heteroatoms. The van der Waals surface area contributed by atoms with E-state index in [-0.39, 0.29) is 12.4 Å². The quantitative estimate of drug-likeness (QED) is 0.324. The van der Waals surface area contributed by atoms with E-state index in [9.17, 15) is 0 Å². The lowest BCUT2D eigenvalue weighted by atomic mass is 11.0. The van der Waals surface area contributed by atoms with Gasteiger partial charge in [0.05, 0.1) is 0 Å². The molecule has 0 aromatic rings. The van der Waals surface area contributed by atoms with Gasteiger partial charge in [-0.1, -0.05) is 0 Å². The first kappa shape index (κ1) is 8.95. The van der Waals surface area contributed by atoms with E-state index in [2.05, 4.69) is 17.2 Å². The average Bonchev–Trinajstić information content (AvgIpc) is 0.811. The Bertz CT molecular complexity index is 11.6. The van der Waals surface area contributed by atoms with Crippen molar-refractivity contribution in [1.29, 1.82) is 0 Å². The molecule has 0 aliphatic carbocycles. The van der Waals surface area contributed by atoms with Gasteiger partial charge in [0.1, 0.15) is 6.29 Å². The Morgan fingerprint density at radius 2 is 1.00 bits per heavy atom. The lowest BCUT2D eigenvalue weighted by Crippen LogP contribution is -2.39.